The molecule has 0 fully saturated rings. The molecular formula is C22H21NO6. The topological polar surface area (TPSA) is 86.9 Å². The standard InChI is InChI=1S/C22H21NO6/c1-26-19-10-14(11-20(27-2)22(19)28-3)8-9-21(25)29-13-18(24)16-12-23-17-7-5-4-6-15(16)17/h4-12,23H,13H2,1-3H3/b9-8+. The molecular weight excluding hydrogens is 374 g/mol. The van der Waals surface area contributed by atoms with Gasteiger partial charge in [0.05, 0.1) is 21.3 Å². The molecule has 2 aromatic carbocycles. The van der Waals surface area contributed by atoms with Crippen molar-refractivity contribution in [2.45, 2.75) is 0 Å². The van der Waals surface area contributed by atoms with Crippen LogP contribution in [-0.4, -0.2) is 44.7 Å². The molecule has 0 aliphatic carbocycles. The number of carbonyl (C=O) groups excluding carboxylic acids is 2. The molecule has 7 heteroatoms. The van der Waals surface area contributed by atoms with Crippen LogP contribution in [0.25, 0.3) is 17.0 Å². The van der Waals surface area contributed by atoms with E-state index in [0.717, 1.165) is 10.9 Å². The summed E-state index contributed by atoms with van der Waals surface area (Å²) in [6.45, 7) is -0.347. The molecule has 0 saturated carbocycles. The molecule has 1 heterocycles. The van der Waals surface area contributed by atoms with Crippen LogP contribution in [0.2, 0.25) is 0 Å². The van der Waals surface area contributed by atoms with Gasteiger partial charge in [0.2, 0.25) is 11.5 Å². The maximum atomic E-state index is 12.4. The maximum absolute atomic E-state index is 12.4. The molecule has 0 unspecified atom stereocenters. The normalized spacial score (nSPS) is 10.9. The van der Waals surface area contributed by atoms with Crippen molar-refractivity contribution in [2.75, 3.05) is 27.9 Å². The first-order valence-corrected chi connectivity index (χ1v) is 8.81. The summed E-state index contributed by atoms with van der Waals surface area (Å²) in [4.78, 5) is 27.4. The van der Waals surface area contributed by atoms with E-state index in [1.807, 2.05) is 24.3 Å². The highest BCUT2D eigenvalue weighted by atomic mass is 16.5. The summed E-state index contributed by atoms with van der Waals surface area (Å²) in [7, 11) is 4.53. The summed E-state index contributed by atoms with van der Waals surface area (Å²) in [6.07, 6.45) is 4.40. The van der Waals surface area contributed by atoms with Crippen LogP contribution < -0.4 is 14.2 Å². The van der Waals surface area contributed by atoms with Gasteiger partial charge in [-0.3, -0.25) is 4.79 Å². The van der Waals surface area contributed by atoms with E-state index in [1.165, 1.54) is 27.4 Å². The second-order valence-electron chi connectivity index (χ2n) is 6.07. The van der Waals surface area contributed by atoms with Gasteiger partial charge in [0, 0.05) is 28.7 Å². The van der Waals surface area contributed by atoms with Crippen molar-refractivity contribution < 1.29 is 28.5 Å². The number of nitrogens with one attached hydrogen (secondary N) is 1. The zero-order valence-electron chi connectivity index (χ0n) is 16.4. The van der Waals surface area contributed by atoms with Crippen molar-refractivity contribution >= 4 is 28.7 Å². The van der Waals surface area contributed by atoms with Gasteiger partial charge in [-0.15, -0.1) is 0 Å². The molecule has 0 amide bonds. The summed E-state index contributed by atoms with van der Waals surface area (Å²) < 4.78 is 20.9. The van der Waals surface area contributed by atoms with Crippen molar-refractivity contribution in [1.29, 1.82) is 0 Å². The van der Waals surface area contributed by atoms with Crippen LogP contribution in [0.4, 0.5) is 0 Å². The van der Waals surface area contributed by atoms with Gasteiger partial charge in [0.1, 0.15) is 0 Å². The molecule has 0 bridgehead atoms. The van der Waals surface area contributed by atoms with E-state index >= 15 is 0 Å². The summed E-state index contributed by atoms with van der Waals surface area (Å²) in [5.74, 6) is 0.478. The van der Waals surface area contributed by atoms with Crippen molar-refractivity contribution in [3.05, 3.63) is 59.8 Å². The quantitative estimate of drug-likeness (QED) is 0.356. The lowest BCUT2D eigenvalue weighted by molar-refractivity contribution is -0.136. The molecule has 0 saturated heterocycles. The predicted octanol–water partition coefficient (Wildman–Crippen LogP) is 3.63. The molecule has 3 aromatic rings. The first-order chi connectivity index (χ1) is 14.1. The zero-order valence-corrected chi connectivity index (χ0v) is 16.4. The highest BCUT2D eigenvalue weighted by Gasteiger charge is 2.14. The number of Topliss-reactive ketones (excluding diaryl/α,β-unsaturated/α-hetero) is 1. The summed E-state index contributed by atoms with van der Waals surface area (Å²) in [6, 6.07) is 10.8. The fourth-order valence-corrected chi connectivity index (χ4v) is 2.93. The summed E-state index contributed by atoms with van der Waals surface area (Å²) in [5.41, 5.74) is 1.99. The first kappa shape index (κ1) is 20.0. The van der Waals surface area contributed by atoms with E-state index < -0.39 is 5.97 Å². The molecule has 1 N–H and O–H groups in total. The largest absolute Gasteiger partial charge is 0.493 e. The van der Waals surface area contributed by atoms with Gasteiger partial charge in [-0.25, -0.2) is 4.79 Å². The minimum Gasteiger partial charge on any atom is -0.493 e. The first-order valence-electron chi connectivity index (χ1n) is 8.81. The molecule has 150 valence electrons. The van der Waals surface area contributed by atoms with Crippen LogP contribution in [0.1, 0.15) is 15.9 Å². The maximum Gasteiger partial charge on any atom is 0.331 e. The summed E-state index contributed by atoms with van der Waals surface area (Å²) in [5, 5.41) is 0.793. The number of esters is 1. The minimum atomic E-state index is -0.632. The zero-order chi connectivity index (χ0) is 20.8. The fraction of sp³-hybridized carbons (Fsp3) is 0.182. The average molecular weight is 395 g/mol. The number of benzene rings is 2. The Bertz CT molecular complexity index is 1040. The molecule has 0 atom stereocenters. The van der Waals surface area contributed by atoms with Crippen LogP contribution in [0.3, 0.4) is 0 Å². The molecule has 0 spiro atoms. The second-order valence-corrected chi connectivity index (χ2v) is 6.07. The van der Waals surface area contributed by atoms with Crippen LogP contribution in [0.15, 0.2) is 48.7 Å². The number of para-hydroxylation sites is 1. The van der Waals surface area contributed by atoms with E-state index in [2.05, 4.69) is 4.98 Å². The smallest absolute Gasteiger partial charge is 0.331 e. The lowest BCUT2D eigenvalue weighted by Crippen LogP contribution is -2.12. The molecule has 0 aliphatic rings. The molecule has 1 aromatic heterocycles. The van der Waals surface area contributed by atoms with Crippen LogP contribution >= 0.6 is 0 Å². The monoisotopic (exact) mass is 395 g/mol. The van der Waals surface area contributed by atoms with E-state index in [0.29, 0.717) is 28.4 Å². The molecule has 7 nitrogen and oxygen atoms in total. The molecule has 29 heavy (non-hydrogen) atoms. The number of carbonyl (C=O) groups is 2. The van der Waals surface area contributed by atoms with E-state index in [4.69, 9.17) is 18.9 Å². The van der Waals surface area contributed by atoms with Crippen LogP contribution in [0.5, 0.6) is 17.2 Å². The SMILES string of the molecule is COc1cc(/C=C/C(=O)OCC(=O)c2c[nH]c3ccccc23)cc(OC)c1OC. The number of ether oxygens (including phenoxy) is 4. The Balaban J connectivity index is 1.66. The molecule has 0 radical (unpaired) electrons. The van der Waals surface area contributed by atoms with Gasteiger partial charge in [0.25, 0.3) is 0 Å². The van der Waals surface area contributed by atoms with Crippen LogP contribution in [-0.2, 0) is 9.53 Å². The number of rotatable bonds is 8. The van der Waals surface area contributed by atoms with Crippen molar-refractivity contribution in [2.24, 2.45) is 0 Å². The van der Waals surface area contributed by atoms with Crippen molar-refractivity contribution in [3.63, 3.8) is 0 Å². The van der Waals surface area contributed by atoms with E-state index in [-0.39, 0.29) is 12.4 Å². The number of H-pyrrole nitrogens is 1. The summed E-state index contributed by atoms with van der Waals surface area (Å²) >= 11 is 0. The number of ketones is 1. The number of methoxy groups -OCH3 is 3. The number of hydrogen-bond acceptors (Lipinski definition) is 6. The third-order valence-electron chi connectivity index (χ3n) is 4.33. The van der Waals surface area contributed by atoms with Gasteiger partial charge < -0.3 is 23.9 Å². The number of fused-ring (bicyclic) bond motifs is 1. The van der Waals surface area contributed by atoms with Gasteiger partial charge in [-0.05, 0) is 29.8 Å². The highest BCUT2D eigenvalue weighted by molar-refractivity contribution is 6.09. The van der Waals surface area contributed by atoms with Crippen molar-refractivity contribution in [3.8, 4) is 17.2 Å². The lowest BCUT2D eigenvalue weighted by atomic mass is 10.1. The van der Waals surface area contributed by atoms with E-state index in [9.17, 15) is 9.59 Å². The Morgan fingerprint density at radius 2 is 1.69 bits per heavy atom. The third-order valence-corrected chi connectivity index (χ3v) is 4.33. The van der Waals surface area contributed by atoms with E-state index in [1.54, 1.807) is 24.4 Å². The Kier molecular flexibility index (Phi) is 6.19. The lowest BCUT2D eigenvalue weighted by Gasteiger charge is -2.12. The Morgan fingerprint density at radius 3 is 2.34 bits per heavy atom. The number of aromatic nitrogens is 1. The van der Waals surface area contributed by atoms with Crippen LogP contribution in [0, 0.1) is 0 Å². The van der Waals surface area contributed by atoms with Gasteiger partial charge >= 0.3 is 5.97 Å². The molecule has 3 rings (SSSR count). The number of hydrogen-bond donors (Lipinski definition) is 1. The highest BCUT2D eigenvalue weighted by Crippen LogP contribution is 2.38. The average Bonchev–Trinajstić information content (AvgIpc) is 3.19. The van der Waals surface area contributed by atoms with Gasteiger partial charge in [0.15, 0.2) is 18.1 Å². The predicted molar refractivity (Wildman–Crippen MR) is 109 cm³/mol. The Hall–Kier alpha value is -3.74. The van der Waals surface area contributed by atoms with Crippen molar-refractivity contribution in [1.82, 2.24) is 4.98 Å². The second kappa shape index (κ2) is 8.97. The van der Waals surface area contributed by atoms with Gasteiger partial charge in [-0.2, -0.15) is 0 Å². The fourth-order valence-electron chi connectivity index (χ4n) is 2.93. The molecule has 0 aliphatic heterocycles. The Labute approximate surface area is 167 Å². The Morgan fingerprint density at radius 1 is 1.00 bits per heavy atom. The minimum absolute atomic E-state index is 0.281. The third kappa shape index (κ3) is 4.40. The van der Waals surface area contributed by atoms with Gasteiger partial charge in [-0.1, -0.05) is 18.2 Å². The number of aromatic amines is 1.